The van der Waals surface area contributed by atoms with E-state index in [2.05, 4.69) is 25.6 Å². The van der Waals surface area contributed by atoms with E-state index in [0.717, 1.165) is 12.0 Å². The molecule has 0 spiro atoms. The zero-order valence-corrected chi connectivity index (χ0v) is 14.3. The highest BCUT2D eigenvalue weighted by Gasteiger charge is 2.25. The first kappa shape index (κ1) is 16.9. The number of methoxy groups -OCH3 is 1. The Morgan fingerprint density at radius 1 is 1.28 bits per heavy atom. The number of hydrogen-bond acceptors (Lipinski definition) is 8. The molecule has 132 valence electrons. The molecule has 1 aliphatic heterocycles. The van der Waals surface area contributed by atoms with E-state index in [9.17, 15) is 13.2 Å². The van der Waals surface area contributed by atoms with Crippen molar-refractivity contribution in [1.29, 1.82) is 0 Å². The van der Waals surface area contributed by atoms with Crippen molar-refractivity contribution in [3.63, 3.8) is 0 Å². The molecule has 3 N–H and O–H groups in total. The number of amides is 2. The number of aryl methyl sites for hydroxylation is 1. The van der Waals surface area contributed by atoms with Gasteiger partial charge in [-0.3, -0.25) is 5.32 Å². The SMILES string of the molecule is COc1nc(C)nc(NC(=O)NS(=O)(=O)c2cccc3c2NCC3)n1. The molecule has 0 radical (unpaired) electrons. The molecule has 1 aliphatic rings. The molecule has 1 aromatic heterocycles. The van der Waals surface area contributed by atoms with Crippen molar-refractivity contribution < 1.29 is 17.9 Å². The molecule has 1 aromatic carbocycles. The number of rotatable bonds is 4. The van der Waals surface area contributed by atoms with Crippen LogP contribution < -0.4 is 20.1 Å². The summed E-state index contributed by atoms with van der Waals surface area (Å²) < 4.78 is 31.8. The van der Waals surface area contributed by atoms with Gasteiger partial charge < -0.3 is 10.1 Å². The van der Waals surface area contributed by atoms with Gasteiger partial charge in [0, 0.05) is 6.54 Å². The molecule has 0 aliphatic carbocycles. The van der Waals surface area contributed by atoms with Gasteiger partial charge in [0.25, 0.3) is 10.0 Å². The van der Waals surface area contributed by atoms with Gasteiger partial charge in [-0.2, -0.15) is 15.0 Å². The van der Waals surface area contributed by atoms with Crippen LogP contribution in [0.5, 0.6) is 6.01 Å². The van der Waals surface area contributed by atoms with Crippen LogP contribution in [-0.2, 0) is 16.4 Å². The van der Waals surface area contributed by atoms with Gasteiger partial charge in [0.15, 0.2) is 0 Å². The highest BCUT2D eigenvalue weighted by molar-refractivity contribution is 7.90. The number of hydrogen-bond donors (Lipinski definition) is 3. The van der Waals surface area contributed by atoms with Crippen LogP contribution in [0.2, 0.25) is 0 Å². The molecule has 11 heteroatoms. The summed E-state index contributed by atoms with van der Waals surface area (Å²) in [7, 11) is -2.69. The van der Waals surface area contributed by atoms with E-state index in [1.54, 1.807) is 13.0 Å². The molecular formula is C14H16N6O4S. The van der Waals surface area contributed by atoms with Crippen LogP contribution in [0, 0.1) is 6.92 Å². The molecule has 0 saturated heterocycles. The minimum atomic E-state index is -4.06. The smallest absolute Gasteiger partial charge is 0.335 e. The third-order valence-electron chi connectivity index (χ3n) is 3.46. The monoisotopic (exact) mass is 364 g/mol. The summed E-state index contributed by atoms with van der Waals surface area (Å²) >= 11 is 0. The highest BCUT2D eigenvalue weighted by Crippen LogP contribution is 2.29. The van der Waals surface area contributed by atoms with Crippen molar-refractivity contribution in [3.8, 4) is 6.01 Å². The molecular weight excluding hydrogens is 348 g/mol. The van der Waals surface area contributed by atoms with Gasteiger partial charge >= 0.3 is 12.0 Å². The number of urea groups is 1. The van der Waals surface area contributed by atoms with E-state index in [1.807, 2.05) is 10.8 Å². The molecule has 2 heterocycles. The van der Waals surface area contributed by atoms with Gasteiger partial charge in [-0.1, -0.05) is 12.1 Å². The van der Waals surface area contributed by atoms with E-state index in [1.165, 1.54) is 13.2 Å². The molecule has 2 amide bonds. The minimum Gasteiger partial charge on any atom is -0.467 e. The quantitative estimate of drug-likeness (QED) is 0.720. The Labute approximate surface area is 144 Å². The topological polar surface area (TPSA) is 135 Å². The summed E-state index contributed by atoms with van der Waals surface area (Å²) in [6, 6.07) is 3.94. The fourth-order valence-corrected chi connectivity index (χ4v) is 3.57. The van der Waals surface area contributed by atoms with Crippen molar-refractivity contribution >= 4 is 27.7 Å². The Morgan fingerprint density at radius 3 is 2.84 bits per heavy atom. The normalized spacial score (nSPS) is 12.9. The third-order valence-corrected chi connectivity index (χ3v) is 4.83. The number of benzene rings is 1. The zero-order chi connectivity index (χ0) is 18.0. The minimum absolute atomic E-state index is 0.00994. The number of sulfonamides is 1. The molecule has 0 saturated carbocycles. The maximum Gasteiger partial charge on any atom is 0.335 e. The molecule has 0 bridgehead atoms. The molecule has 0 atom stereocenters. The maximum atomic E-state index is 12.5. The summed E-state index contributed by atoms with van der Waals surface area (Å²) in [6.45, 7) is 2.24. The number of carbonyl (C=O) groups is 1. The van der Waals surface area contributed by atoms with E-state index < -0.39 is 16.1 Å². The average molecular weight is 364 g/mol. The van der Waals surface area contributed by atoms with E-state index >= 15 is 0 Å². The number of nitrogens with one attached hydrogen (secondary N) is 3. The number of fused-ring (bicyclic) bond motifs is 1. The van der Waals surface area contributed by atoms with Gasteiger partial charge in [0.05, 0.1) is 12.8 Å². The third kappa shape index (κ3) is 3.60. The molecule has 3 rings (SSSR count). The first-order valence-corrected chi connectivity index (χ1v) is 8.83. The lowest BCUT2D eigenvalue weighted by molar-refractivity contribution is 0.256. The maximum absolute atomic E-state index is 12.5. The molecule has 10 nitrogen and oxygen atoms in total. The number of ether oxygens (including phenoxy) is 1. The number of aromatic nitrogens is 3. The summed E-state index contributed by atoms with van der Waals surface area (Å²) in [5, 5.41) is 5.28. The number of anilines is 2. The first-order chi connectivity index (χ1) is 11.9. The van der Waals surface area contributed by atoms with Crippen LogP contribution in [0.4, 0.5) is 16.4 Å². The number of nitrogens with zero attached hydrogens (tertiary/aromatic N) is 3. The number of carbonyl (C=O) groups excluding carboxylic acids is 1. The van der Waals surface area contributed by atoms with Gasteiger partial charge in [-0.25, -0.2) is 17.9 Å². The lowest BCUT2D eigenvalue weighted by Gasteiger charge is -2.11. The van der Waals surface area contributed by atoms with E-state index in [-0.39, 0.29) is 16.9 Å². The van der Waals surface area contributed by atoms with Gasteiger partial charge in [0.2, 0.25) is 5.95 Å². The van der Waals surface area contributed by atoms with Crippen LogP contribution in [0.25, 0.3) is 0 Å². The second kappa shape index (κ2) is 6.51. The molecule has 2 aromatic rings. The van der Waals surface area contributed by atoms with Crippen LogP contribution >= 0.6 is 0 Å². The molecule has 0 fully saturated rings. The van der Waals surface area contributed by atoms with Crippen LogP contribution in [0.3, 0.4) is 0 Å². The van der Waals surface area contributed by atoms with Crippen molar-refractivity contribution in [2.75, 3.05) is 24.3 Å². The highest BCUT2D eigenvalue weighted by atomic mass is 32.2. The fourth-order valence-electron chi connectivity index (χ4n) is 2.44. The Kier molecular flexibility index (Phi) is 4.40. The predicted octanol–water partition coefficient (Wildman–Crippen LogP) is 0.667. The lowest BCUT2D eigenvalue weighted by Crippen LogP contribution is -2.35. The average Bonchev–Trinajstić information content (AvgIpc) is 3.01. The molecule has 0 unspecified atom stereocenters. The summed E-state index contributed by atoms with van der Waals surface area (Å²) in [5.41, 5.74) is 1.40. The Morgan fingerprint density at radius 2 is 2.08 bits per heavy atom. The van der Waals surface area contributed by atoms with Gasteiger partial charge in [-0.05, 0) is 25.0 Å². The molecule has 25 heavy (non-hydrogen) atoms. The Hall–Kier alpha value is -2.95. The second-order valence-corrected chi connectivity index (χ2v) is 6.87. The van der Waals surface area contributed by atoms with Crippen molar-refractivity contribution in [1.82, 2.24) is 19.7 Å². The Bertz CT molecular complexity index is 931. The van der Waals surface area contributed by atoms with Crippen LogP contribution in [0.1, 0.15) is 11.4 Å². The van der Waals surface area contributed by atoms with E-state index in [4.69, 9.17) is 4.74 Å². The Balaban J connectivity index is 1.79. The summed E-state index contributed by atoms with van der Waals surface area (Å²) in [5.74, 6) is 0.198. The largest absolute Gasteiger partial charge is 0.467 e. The van der Waals surface area contributed by atoms with Crippen LogP contribution in [-0.4, -0.2) is 43.1 Å². The first-order valence-electron chi connectivity index (χ1n) is 7.35. The predicted molar refractivity (Wildman–Crippen MR) is 89.1 cm³/mol. The lowest BCUT2D eigenvalue weighted by atomic mass is 10.2. The van der Waals surface area contributed by atoms with Crippen molar-refractivity contribution in [3.05, 3.63) is 29.6 Å². The zero-order valence-electron chi connectivity index (χ0n) is 13.5. The standard InChI is InChI=1S/C14H16N6O4S/c1-8-16-12(19-14(17-8)24-2)18-13(21)20-25(22,23)10-5-3-4-9-6-7-15-11(9)10/h3-5,15H,6-7H2,1-2H3,(H2,16,17,18,19,20,21). The van der Waals surface area contributed by atoms with Gasteiger partial charge in [0.1, 0.15) is 10.7 Å². The van der Waals surface area contributed by atoms with Crippen molar-refractivity contribution in [2.24, 2.45) is 0 Å². The van der Waals surface area contributed by atoms with Gasteiger partial charge in [-0.15, -0.1) is 0 Å². The summed E-state index contributed by atoms with van der Waals surface area (Å²) in [6.07, 6.45) is 0.731. The number of para-hydroxylation sites is 1. The van der Waals surface area contributed by atoms with E-state index in [0.29, 0.717) is 18.1 Å². The van der Waals surface area contributed by atoms with Crippen LogP contribution in [0.15, 0.2) is 23.1 Å². The fraction of sp³-hybridized carbons (Fsp3) is 0.286. The van der Waals surface area contributed by atoms with Crippen molar-refractivity contribution in [2.45, 2.75) is 18.2 Å². The second-order valence-electron chi connectivity index (χ2n) is 5.22. The summed E-state index contributed by atoms with van der Waals surface area (Å²) in [4.78, 5) is 23.7.